The van der Waals surface area contributed by atoms with Crippen molar-refractivity contribution in [2.24, 2.45) is 4.99 Å². The van der Waals surface area contributed by atoms with E-state index in [2.05, 4.69) is 11.4 Å². The van der Waals surface area contributed by atoms with E-state index in [1.165, 1.54) is 11.8 Å². The molecule has 5 nitrogen and oxygen atoms in total. The number of carbonyl (C=O) groups is 2. The largest absolute Gasteiger partial charge is 0.326 e. The van der Waals surface area contributed by atoms with Crippen LogP contribution in [0, 0.1) is 27.7 Å². The molecule has 0 radical (unpaired) electrons. The number of hydrogen-bond donors (Lipinski definition) is 1. The summed E-state index contributed by atoms with van der Waals surface area (Å²) in [5.74, 6) is -0.134. The Morgan fingerprint density at radius 3 is 2.47 bits per heavy atom. The number of aryl methyl sites for hydroxylation is 4. The number of rotatable bonds is 5. The number of nitrogens with one attached hydrogen (secondary N) is 1. The van der Waals surface area contributed by atoms with E-state index < -0.39 is 5.25 Å². The fraction of sp³-hybridized carbons (Fsp3) is 0.375. The number of para-hydroxylation sites is 1. The number of hydrogen-bond acceptors (Lipinski definition) is 4. The number of benzene rings is 2. The average Bonchev–Trinajstić information content (AvgIpc) is 3.47. The number of amides is 2. The highest BCUT2D eigenvalue weighted by Gasteiger charge is 2.46. The summed E-state index contributed by atoms with van der Waals surface area (Å²) in [6.45, 7) is 8.01. The predicted molar refractivity (Wildman–Crippen MR) is 123 cm³/mol. The lowest BCUT2D eigenvalue weighted by atomic mass is 10.1. The molecule has 0 unspecified atom stereocenters. The number of nitrogens with zero attached hydrogens (tertiary/aromatic N) is 2. The van der Waals surface area contributed by atoms with Crippen molar-refractivity contribution in [2.75, 3.05) is 5.32 Å². The molecular weight excluding hydrogens is 394 g/mol. The third-order valence-corrected chi connectivity index (χ3v) is 6.73. The van der Waals surface area contributed by atoms with Crippen LogP contribution in [0.5, 0.6) is 0 Å². The summed E-state index contributed by atoms with van der Waals surface area (Å²) in [5.41, 5.74) is 5.97. The van der Waals surface area contributed by atoms with Crippen molar-refractivity contribution in [1.82, 2.24) is 4.90 Å². The minimum Gasteiger partial charge on any atom is -0.326 e. The number of thioether (sulfide) groups is 1. The number of carbonyl (C=O) groups excluding carboxylic acids is 2. The van der Waals surface area contributed by atoms with Crippen LogP contribution < -0.4 is 5.32 Å². The Kier molecular flexibility index (Phi) is 5.69. The summed E-state index contributed by atoms with van der Waals surface area (Å²) in [7, 11) is 0. The van der Waals surface area contributed by atoms with Crippen LogP contribution in [0.1, 0.15) is 41.5 Å². The summed E-state index contributed by atoms with van der Waals surface area (Å²) in [4.78, 5) is 32.5. The first-order chi connectivity index (χ1) is 14.3. The maximum atomic E-state index is 13.1. The highest BCUT2D eigenvalue weighted by Crippen LogP contribution is 2.40. The number of aliphatic imine (C=N–C) groups is 1. The summed E-state index contributed by atoms with van der Waals surface area (Å²) in [6.07, 6.45) is 2.14. The van der Waals surface area contributed by atoms with Crippen LogP contribution >= 0.6 is 11.8 Å². The molecule has 1 saturated heterocycles. The maximum Gasteiger partial charge on any atom is 0.242 e. The van der Waals surface area contributed by atoms with Crippen LogP contribution in [-0.4, -0.2) is 33.2 Å². The van der Waals surface area contributed by atoms with Crippen molar-refractivity contribution in [3.05, 3.63) is 58.7 Å². The lowest BCUT2D eigenvalue weighted by Gasteiger charge is -2.16. The van der Waals surface area contributed by atoms with Gasteiger partial charge in [0.15, 0.2) is 5.17 Å². The molecule has 1 saturated carbocycles. The molecule has 1 N–H and O–H groups in total. The van der Waals surface area contributed by atoms with Gasteiger partial charge in [0.05, 0.1) is 5.69 Å². The molecule has 4 rings (SSSR count). The lowest BCUT2D eigenvalue weighted by Crippen LogP contribution is -2.35. The van der Waals surface area contributed by atoms with Crippen molar-refractivity contribution in [3.63, 3.8) is 0 Å². The molecular formula is C24H27N3O2S. The predicted octanol–water partition coefficient (Wildman–Crippen LogP) is 5.04. The molecule has 1 aliphatic carbocycles. The third kappa shape index (κ3) is 4.29. The fourth-order valence-electron chi connectivity index (χ4n) is 3.68. The quantitative estimate of drug-likeness (QED) is 0.735. The van der Waals surface area contributed by atoms with Crippen molar-refractivity contribution in [1.29, 1.82) is 0 Å². The zero-order valence-corrected chi connectivity index (χ0v) is 18.7. The van der Waals surface area contributed by atoms with E-state index in [4.69, 9.17) is 4.99 Å². The molecule has 2 aromatic rings. The van der Waals surface area contributed by atoms with E-state index in [1.807, 2.05) is 62.9 Å². The SMILES string of the molecule is Cc1ccc(C)c(N=C2S[C@@H](CC(=O)Nc3c(C)cccc3C)C(=O)N2C2CC2)c1. The van der Waals surface area contributed by atoms with Gasteiger partial charge in [-0.05, 0) is 68.9 Å². The van der Waals surface area contributed by atoms with Crippen LogP contribution in [0.3, 0.4) is 0 Å². The second-order valence-corrected chi connectivity index (χ2v) is 9.42. The Balaban J connectivity index is 1.54. The van der Waals surface area contributed by atoms with Gasteiger partial charge < -0.3 is 5.32 Å². The van der Waals surface area contributed by atoms with Crippen molar-refractivity contribution < 1.29 is 9.59 Å². The van der Waals surface area contributed by atoms with Crippen LogP contribution in [0.15, 0.2) is 41.4 Å². The minimum atomic E-state index is -0.432. The second-order valence-electron chi connectivity index (χ2n) is 8.25. The Morgan fingerprint density at radius 2 is 1.80 bits per heavy atom. The first-order valence-corrected chi connectivity index (χ1v) is 11.2. The Bertz CT molecular complexity index is 1020. The molecule has 0 spiro atoms. The zero-order chi connectivity index (χ0) is 21.4. The van der Waals surface area contributed by atoms with E-state index >= 15 is 0 Å². The topological polar surface area (TPSA) is 61.8 Å². The van der Waals surface area contributed by atoms with Gasteiger partial charge in [-0.25, -0.2) is 4.99 Å². The lowest BCUT2D eigenvalue weighted by molar-refractivity contribution is -0.128. The summed E-state index contributed by atoms with van der Waals surface area (Å²) in [6, 6.07) is 12.3. The fourth-order valence-corrected chi connectivity index (χ4v) is 4.88. The van der Waals surface area contributed by atoms with Gasteiger partial charge in [-0.1, -0.05) is 42.1 Å². The molecule has 1 heterocycles. The minimum absolute atomic E-state index is 0.00297. The smallest absolute Gasteiger partial charge is 0.242 e. The average molecular weight is 422 g/mol. The van der Waals surface area contributed by atoms with Gasteiger partial charge in [-0.2, -0.15) is 0 Å². The Hall–Kier alpha value is -2.60. The highest BCUT2D eigenvalue weighted by atomic mass is 32.2. The summed E-state index contributed by atoms with van der Waals surface area (Å²) in [5, 5.41) is 3.30. The monoisotopic (exact) mass is 421 g/mol. The molecule has 0 aromatic heterocycles. The van der Waals surface area contributed by atoms with Crippen LogP contribution in [0.2, 0.25) is 0 Å². The molecule has 2 amide bonds. The van der Waals surface area contributed by atoms with Gasteiger partial charge in [0.25, 0.3) is 0 Å². The van der Waals surface area contributed by atoms with E-state index in [0.29, 0.717) is 0 Å². The maximum absolute atomic E-state index is 13.1. The number of amidine groups is 1. The summed E-state index contributed by atoms with van der Waals surface area (Å²) >= 11 is 1.42. The third-order valence-electron chi connectivity index (χ3n) is 5.58. The molecule has 1 atom stereocenters. The molecule has 156 valence electrons. The highest BCUT2D eigenvalue weighted by molar-refractivity contribution is 8.15. The van der Waals surface area contributed by atoms with Crippen LogP contribution in [-0.2, 0) is 9.59 Å². The number of anilines is 1. The van der Waals surface area contributed by atoms with E-state index in [1.54, 1.807) is 0 Å². The van der Waals surface area contributed by atoms with Gasteiger partial charge in [0, 0.05) is 18.2 Å². The van der Waals surface area contributed by atoms with E-state index in [-0.39, 0.29) is 24.3 Å². The van der Waals surface area contributed by atoms with Crippen molar-refractivity contribution >= 4 is 40.1 Å². The van der Waals surface area contributed by atoms with Crippen LogP contribution in [0.25, 0.3) is 0 Å². The van der Waals surface area contributed by atoms with Crippen molar-refractivity contribution in [3.8, 4) is 0 Å². The van der Waals surface area contributed by atoms with Crippen molar-refractivity contribution in [2.45, 2.75) is 58.2 Å². The molecule has 0 bridgehead atoms. The first-order valence-electron chi connectivity index (χ1n) is 10.3. The molecule has 2 aromatic carbocycles. The second kappa shape index (κ2) is 8.26. The molecule has 2 aliphatic rings. The van der Waals surface area contributed by atoms with E-state index in [0.717, 1.165) is 51.6 Å². The standard InChI is InChI=1S/C24H27N3O2S/c1-14-8-9-15(2)19(12-14)25-24-27(18-10-11-18)23(29)20(30-24)13-21(28)26-22-16(3)6-5-7-17(22)4/h5-9,12,18,20H,10-11,13H2,1-4H3,(H,26,28)/t20-/m0/s1. The normalized spacial score (nSPS) is 20.1. The molecule has 6 heteroatoms. The Labute approximate surface area is 182 Å². The van der Waals surface area contributed by atoms with Gasteiger partial charge in [0.1, 0.15) is 5.25 Å². The molecule has 1 aliphatic heterocycles. The first kappa shape index (κ1) is 20.7. The van der Waals surface area contributed by atoms with Gasteiger partial charge in [-0.15, -0.1) is 0 Å². The van der Waals surface area contributed by atoms with E-state index in [9.17, 15) is 9.59 Å². The van der Waals surface area contributed by atoms with Gasteiger partial charge >= 0.3 is 0 Å². The van der Waals surface area contributed by atoms with Gasteiger partial charge in [-0.3, -0.25) is 14.5 Å². The summed E-state index contributed by atoms with van der Waals surface area (Å²) < 4.78 is 0. The molecule has 30 heavy (non-hydrogen) atoms. The zero-order valence-electron chi connectivity index (χ0n) is 17.9. The van der Waals surface area contributed by atoms with Crippen LogP contribution in [0.4, 0.5) is 11.4 Å². The Morgan fingerprint density at radius 1 is 1.10 bits per heavy atom. The van der Waals surface area contributed by atoms with Gasteiger partial charge in [0.2, 0.25) is 11.8 Å². The molecule has 2 fully saturated rings.